The lowest BCUT2D eigenvalue weighted by Crippen LogP contribution is -2.29. The third-order valence-corrected chi connectivity index (χ3v) is 4.26. The molecular formula is C20H22F2N4O. The van der Waals surface area contributed by atoms with Crippen LogP contribution in [0, 0.1) is 11.6 Å². The molecule has 0 spiro atoms. The van der Waals surface area contributed by atoms with Crippen LogP contribution >= 0.6 is 0 Å². The largest absolute Gasteiger partial charge is 0.379 e. The monoisotopic (exact) mass is 372 g/mol. The number of nitrogens with zero attached hydrogens (tertiary/aromatic N) is 2. The molecule has 0 aromatic heterocycles. The minimum Gasteiger partial charge on any atom is -0.379 e. The second-order valence-corrected chi connectivity index (χ2v) is 6.95. The van der Waals surface area contributed by atoms with E-state index < -0.39 is 17.6 Å². The van der Waals surface area contributed by atoms with Crippen LogP contribution in [0.25, 0.3) is 0 Å². The van der Waals surface area contributed by atoms with E-state index in [-0.39, 0.29) is 11.9 Å². The number of carbonyl (C=O) groups is 1. The molecule has 7 heteroatoms. The van der Waals surface area contributed by atoms with Crippen molar-refractivity contribution in [3.05, 3.63) is 53.6 Å². The van der Waals surface area contributed by atoms with Crippen molar-refractivity contribution in [3.63, 3.8) is 0 Å². The molecule has 0 aliphatic carbocycles. The zero-order valence-corrected chi connectivity index (χ0v) is 15.5. The van der Waals surface area contributed by atoms with Crippen molar-refractivity contribution >= 4 is 29.2 Å². The normalized spacial score (nSPS) is 17.3. The van der Waals surface area contributed by atoms with E-state index in [0.717, 1.165) is 6.54 Å². The second kappa shape index (κ2) is 7.84. The van der Waals surface area contributed by atoms with E-state index >= 15 is 0 Å². The Morgan fingerprint density at radius 2 is 2.04 bits per heavy atom. The number of halogens is 2. The fraction of sp³-hybridized carbons (Fsp3) is 0.300. The number of carbonyl (C=O) groups excluding carboxylic acids is 1. The highest BCUT2D eigenvalue weighted by Gasteiger charge is 2.29. The summed E-state index contributed by atoms with van der Waals surface area (Å²) in [5, 5.41) is 5.75. The zero-order valence-electron chi connectivity index (χ0n) is 15.5. The van der Waals surface area contributed by atoms with Crippen LogP contribution in [0.15, 0.2) is 41.4 Å². The molecule has 27 heavy (non-hydrogen) atoms. The Morgan fingerprint density at radius 3 is 2.74 bits per heavy atom. The lowest BCUT2D eigenvalue weighted by Gasteiger charge is -2.19. The Morgan fingerprint density at radius 1 is 1.26 bits per heavy atom. The second-order valence-electron chi connectivity index (χ2n) is 6.95. The van der Waals surface area contributed by atoms with Gasteiger partial charge in [0, 0.05) is 30.6 Å². The van der Waals surface area contributed by atoms with E-state index in [4.69, 9.17) is 0 Å². The van der Waals surface area contributed by atoms with Gasteiger partial charge in [0.1, 0.15) is 17.6 Å². The summed E-state index contributed by atoms with van der Waals surface area (Å²) in [6.07, 6.45) is 1.45. The number of benzene rings is 2. The molecule has 3 rings (SSSR count). The molecule has 0 saturated heterocycles. The Kier molecular flexibility index (Phi) is 5.51. The molecule has 2 N–H and O–H groups in total. The number of aliphatic imine (C=N–C) groups is 1. The molecule has 0 fully saturated rings. The van der Waals surface area contributed by atoms with E-state index in [1.807, 2.05) is 25.9 Å². The van der Waals surface area contributed by atoms with E-state index in [1.54, 1.807) is 18.2 Å². The highest BCUT2D eigenvalue weighted by atomic mass is 19.1. The molecule has 2 unspecified atom stereocenters. The summed E-state index contributed by atoms with van der Waals surface area (Å²) in [6, 6.07) is 8.85. The number of nitrogens with one attached hydrogen (secondary N) is 2. The molecule has 0 radical (unpaired) electrons. The van der Waals surface area contributed by atoms with Crippen LogP contribution in [0.1, 0.15) is 18.4 Å². The van der Waals surface area contributed by atoms with Crippen molar-refractivity contribution in [2.45, 2.75) is 18.9 Å². The lowest BCUT2D eigenvalue weighted by molar-refractivity contribution is -0.115. The molecular weight excluding hydrogens is 350 g/mol. The number of hydrogen-bond acceptors (Lipinski definition) is 4. The minimum atomic E-state index is -0.624. The molecule has 1 heterocycles. The Labute approximate surface area is 157 Å². The van der Waals surface area contributed by atoms with Gasteiger partial charge < -0.3 is 15.5 Å². The van der Waals surface area contributed by atoms with Crippen molar-refractivity contribution in [1.29, 1.82) is 0 Å². The van der Waals surface area contributed by atoms with Gasteiger partial charge in [-0.05, 0) is 50.8 Å². The molecule has 142 valence electrons. The first-order valence-electron chi connectivity index (χ1n) is 8.69. The van der Waals surface area contributed by atoms with Crippen LogP contribution < -0.4 is 10.6 Å². The fourth-order valence-electron chi connectivity index (χ4n) is 3.13. The summed E-state index contributed by atoms with van der Waals surface area (Å²) in [4.78, 5) is 18.3. The van der Waals surface area contributed by atoms with Gasteiger partial charge in [-0.25, -0.2) is 8.78 Å². The Bertz CT molecular complexity index is 882. The zero-order chi connectivity index (χ0) is 19.6. The predicted molar refractivity (Wildman–Crippen MR) is 104 cm³/mol. The third-order valence-electron chi connectivity index (χ3n) is 4.26. The van der Waals surface area contributed by atoms with Gasteiger partial charge >= 0.3 is 0 Å². The van der Waals surface area contributed by atoms with E-state index in [0.29, 0.717) is 22.6 Å². The summed E-state index contributed by atoms with van der Waals surface area (Å²) in [5.41, 5.74) is 1.91. The molecule has 0 saturated carbocycles. The molecule has 5 nitrogen and oxygen atoms in total. The number of likely N-dealkylation sites (N-methyl/N-ethyl adjacent to an activating group) is 1. The summed E-state index contributed by atoms with van der Waals surface area (Å²) in [6.45, 7) is 2.75. The number of rotatable bonds is 6. The van der Waals surface area contributed by atoms with Gasteiger partial charge in [-0.15, -0.1) is 0 Å². The topological polar surface area (TPSA) is 56.7 Å². The minimum absolute atomic E-state index is 0.0860. The highest BCUT2D eigenvalue weighted by molar-refractivity contribution is 6.12. The standard InChI is InChI=1S/C20H22F2N4O/c1-12(11-26(2)3)24-18-7-5-14(9-17(18)22)23-10-16-15-6-4-13(21)8-19(15)25-20(16)27/h4-10,12,16,24H,11H2,1-3H3,(H,25,27). The summed E-state index contributed by atoms with van der Waals surface area (Å²) in [7, 11) is 3.91. The van der Waals surface area contributed by atoms with Gasteiger partial charge in [-0.1, -0.05) is 6.07 Å². The van der Waals surface area contributed by atoms with Gasteiger partial charge in [0.2, 0.25) is 5.91 Å². The number of fused-ring (bicyclic) bond motifs is 1. The summed E-state index contributed by atoms with van der Waals surface area (Å²) >= 11 is 0. The third kappa shape index (κ3) is 4.49. The van der Waals surface area contributed by atoms with Crippen LogP contribution in [-0.2, 0) is 4.79 Å². The van der Waals surface area contributed by atoms with Crippen LogP contribution in [-0.4, -0.2) is 43.7 Å². The summed E-state index contributed by atoms with van der Waals surface area (Å²) in [5.74, 6) is -1.73. The molecule has 1 amide bonds. The molecule has 2 atom stereocenters. The Hall–Kier alpha value is -2.80. The van der Waals surface area contributed by atoms with Gasteiger partial charge in [0.25, 0.3) is 0 Å². The van der Waals surface area contributed by atoms with Crippen molar-refractivity contribution in [2.24, 2.45) is 4.99 Å². The first kappa shape index (κ1) is 19.0. The van der Waals surface area contributed by atoms with Crippen LogP contribution in [0.2, 0.25) is 0 Å². The van der Waals surface area contributed by atoms with E-state index in [1.165, 1.54) is 24.4 Å². The average Bonchev–Trinajstić information content (AvgIpc) is 2.88. The molecule has 1 aliphatic rings. The number of hydrogen-bond donors (Lipinski definition) is 2. The smallest absolute Gasteiger partial charge is 0.237 e. The highest BCUT2D eigenvalue weighted by Crippen LogP contribution is 2.32. The van der Waals surface area contributed by atoms with Gasteiger partial charge in [-0.2, -0.15) is 0 Å². The number of amides is 1. The van der Waals surface area contributed by atoms with Crippen molar-refractivity contribution in [2.75, 3.05) is 31.3 Å². The van der Waals surface area contributed by atoms with Gasteiger partial charge in [0.15, 0.2) is 0 Å². The van der Waals surface area contributed by atoms with E-state index in [2.05, 4.69) is 15.6 Å². The first-order valence-corrected chi connectivity index (χ1v) is 8.69. The quantitative estimate of drug-likeness (QED) is 0.759. The molecule has 1 aliphatic heterocycles. The van der Waals surface area contributed by atoms with Gasteiger partial charge in [0.05, 0.1) is 11.4 Å². The molecule has 2 aromatic carbocycles. The molecule has 0 bridgehead atoms. The average molecular weight is 372 g/mol. The summed E-state index contributed by atoms with van der Waals surface area (Å²) < 4.78 is 27.6. The van der Waals surface area contributed by atoms with Crippen LogP contribution in [0.3, 0.4) is 0 Å². The van der Waals surface area contributed by atoms with Crippen molar-refractivity contribution in [3.8, 4) is 0 Å². The fourth-order valence-corrected chi connectivity index (χ4v) is 3.13. The maximum Gasteiger partial charge on any atom is 0.237 e. The molecule has 2 aromatic rings. The van der Waals surface area contributed by atoms with Crippen molar-refractivity contribution in [1.82, 2.24) is 4.90 Å². The Balaban J connectivity index is 1.73. The maximum absolute atomic E-state index is 14.3. The predicted octanol–water partition coefficient (Wildman–Crippen LogP) is 3.77. The maximum atomic E-state index is 14.3. The lowest BCUT2D eigenvalue weighted by atomic mass is 10.0. The van der Waals surface area contributed by atoms with Crippen LogP contribution in [0.5, 0.6) is 0 Å². The van der Waals surface area contributed by atoms with Crippen LogP contribution in [0.4, 0.5) is 25.8 Å². The van der Waals surface area contributed by atoms with E-state index in [9.17, 15) is 13.6 Å². The first-order chi connectivity index (χ1) is 12.8. The number of anilines is 2. The van der Waals surface area contributed by atoms with Gasteiger partial charge in [-0.3, -0.25) is 9.79 Å². The SMILES string of the molecule is CC(CN(C)C)Nc1ccc(N=CC2C(=O)Nc3cc(F)ccc32)cc1F. The van der Waals surface area contributed by atoms with Crippen molar-refractivity contribution < 1.29 is 13.6 Å².